The number of ether oxygens (including phenoxy) is 1. The second-order valence-electron chi connectivity index (χ2n) is 19.3. The van der Waals surface area contributed by atoms with Crippen LogP contribution in [0.5, 0.6) is 0 Å². The van der Waals surface area contributed by atoms with Gasteiger partial charge in [-0.1, -0.05) is 256 Å². The van der Waals surface area contributed by atoms with Gasteiger partial charge in [-0.2, -0.15) is 0 Å². The maximum absolute atomic E-state index is 12.4. The van der Waals surface area contributed by atoms with Crippen LogP contribution in [-0.4, -0.2) is 47.4 Å². The molecule has 0 aliphatic rings. The zero-order valence-corrected chi connectivity index (χ0v) is 42.3. The van der Waals surface area contributed by atoms with Gasteiger partial charge in [0.2, 0.25) is 5.91 Å². The van der Waals surface area contributed by atoms with Crippen LogP contribution in [0.2, 0.25) is 0 Å². The smallest absolute Gasteiger partial charge is 0.305 e. The number of esters is 1. The summed E-state index contributed by atoms with van der Waals surface area (Å²) in [7, 11) is 0. The van der Waals surface area contributed by atoms with Crippen LogP contribution in [-0.2, 0) is 14.3 Å². The van der Waals surface area contributed by atoms with Gasteiger partial charge in [-0.15, -0.1) is 0 Å². The van der Waals surface area contributed by atoms with Crippen molar-refractivity contribution in [2.24, 2.45) is 0 Å². The van der Waals surface area contributed by atoms with Crippen molar-refractivity contribution in [2.75, 3.05) is 13.2 Å². The molecule has 63 heavy (non-hydrogen) atoms. The Balaban J connectivity index is 3.39. The molecule has 0 fully saturated rings. The minimum Gasteiger partial charge on any atom is -0.466 e. The molecule has 372 valence electrons. The molecule has 0 saturated carbocycles. The summed E-state index contributed by atoms with van der Waals surface area (Å²) in [6.07, 6.45) is 63.5. The topological polar surface area (TPSA) is 95.9 Å². The molecule has 0 radical (unpaired) electrons. The van der Waals surface area contributed by atoms with E-state index in [-0.39, 0.29) is 18.5 Å². The molecule has 0 aromatic heterocycles. The summed E-state index contributed by atoms with van der Waals surface area (Å²) in [5.74, 6) is -0.0655. The van der Waals surface area contributed by atoms with E-state index in [1.165, 1.54) is 231 Å². The van der Waals surface area contributed by atoms with E-state index in [1.54, 1.807) is 6.08 Å². The Bertz CT molecular complexity index is 982. The van der Waals surface area contributed by atoms with Crippen molar-refractivity contribution in [1.82, 2.24) is 5.32 Å². The van der Waals surface area contributed by atoms with Gasteiger partial charge >= 0.3 is 5.97 Å². The minimum absolute atomic E-state index is 0.0120. The Labute approximate surface area is 392 Å². The predicted molar refractivity (Wildman–Crippen MR) is 273 cm³/mol. The highest BCUT2D eigenvalue weighted by Gasteiger charge is 2.18. The highest BCUT2D eigenvalue weighted by atomic mass is 16.5. The summed E-state index contributed by atoms with van der Waals surface area (Å²) in [6, 6.07) is -0.630. The van der Waals surface area contributed by atoms with Crippen LogP contribution in [0.3, 0.4) is 0 Å². The van der Waals surface area contributed by atoms with Crippen molar-refractivity contribution in [1.29, 1.82) is 0 Å². The lowest BCUT2D eigenvalue weighted by Crippen LogP contribution is -2.45. The van der Waals surface area contributed by atoms with Gasteiger partial charge in [0.25, 0.3) is 0 Å². The Morgan fingerprint density at radius 2 is 0.746 bits per heavy atom. The Morgan fingerprint density at radius 3 is 1.13 bits per heavy atom. The second kappa shape index (κ2) is 53.0. The monoisotopic (exact) mass is 888 g/mol. The number of aliphatic hydroxyl groups excluding tert-OH is 2. The number of hydrogen-bond donors (Lipinski definition) is 3. The molecule has 2 atom stereocenters. The fraction of sp³-hybridized carbons (Fsp3) is 0.895. The fourth-order valence-corrected chi connectivity index (χ4v) is 8.63. The van der Waals surface area contributed by atoms with Crippen LogP contribution in [0.15, 0.2) is 24.3 Å². The number of amides is 1. The van der Waals surface area contributed by atoms with Crippen molar-refractivity contribution in [2.45, 2.75) is 315 Å². The first kappa shape index (κ1) is 61.3. The molecule has 0 aromatic carbocycles. The van der Waals surface area contributed by atoms with Gasteiger partial charge in [0, 0.05) is 12.8 Å². The van der Waals surface area contributed by atoms with Gasteiger partial charge in [0.05, 0.1) is 25.4 Å². The molecule has 1 amide bonds. The first-order chi connectivity index (χ1) is 31.0. The Kier molecular flexibility index (Phi) is 51.6. The van der Waals surface area contributed by atoms with Gasteiger partial charge < -0.3 is 20.3 Å². The lowest BCUT2D eigenvalue weighted by molar-refractivity contribution is -0.143. The summed E-state index contributed by atoms with van der Waals surface area (Å²) in [4.78, 5) is 24.4. The summed E-state index contributed by atoms with van der Waals surface area (Å²) in [5.41, 5.74) is 0. The van der Waals surface area contributed by atoms with Crippen LogP contribution >= 0.6 is 0 Å². The van der Waals surface area contributed by atoms with Crippen molar-refractivity contribution < 1.29 is 24.5 Å². The third kappa shape index (κ3) is 49.6. The number of carbonyl (C=O) groups excluding carboxylic acids is 2. The van der Waals surface area contributed by atoms with E-state index in [0.29, 0.717) is 19.4 Å². The highest BCUT2D eigenvalue weighted by molar-refractivity contribution is 5.76. The number of carbonyl (C=O) groups is 2. The number of unbranched alkanes of at least 4 members (excludes halogenated alkanes) is 39. The normalized spacial score (nSPS) is 12.8. The number of nitrogens with one attached hydrogen (secondary N) is 1. The molecule has 0 rings (SSSR count). The van der Waals surface area contributed by atoms with Crippen LogP contribution in [0.25, 0.3) is 0 Å². The zero-order chi connectivity index (χ0) is 45.8. The second-order valence-corrected chi connectivity index (χ2v) is 19.3. The Morgan fingerprint density at radius 1 is 0.429 bits per heavy atom. The SMILES string of the molecule is CCCCCCCCC/C=C/C(O)C(CO)NC(=O)CCCCCCCCC/C=C\CCCCCCCCCCCCCOC(=O)CCCCCCCCCCCCCCCCC. The molecular formula is C57H109NO5. The number of hydrogen-bond acceptors (Lipinski definition) is 5. The van der Waals surface area contributed by atoms with E-state index in [4.69, 9.17) is 4.74 Å². The number of rotatable bonds is 52. The molecule has 3 N–H and O–H groups in total. The summed E-state index contributed by atoms with van der Waals surface area (Å²) >= 11 is 0. The molecule has 0 aliphatic carbocycles. The predicted octanol–water partition coefficient (Wildman–Crippen LogP) is 17.1. The highest BCUT2D eigenvalue weighted by Crippen LogP contribution is 2.16. The van der Waals surface area contributed by atoms with Crippen molar-refractivity contribution in [3.63, 3.8) is 0 Å². The molecule has 0 saturated heterocycles. The number of aliphatic hydroxyl groups is 2. The molecule has 0 heterocycles. The van der Waals surface area contributed by atoms with Gasteiger partial charge in [0.15, 0.2) is 0 Å². The van der Waals surface area contributed by atoms with Crippen LogP contribution in [0, 0.1) is 0 Å². The molecule has 6 heteroatoms. The average molecular weight is 889 g/mol. The molecule has 2 unspecified atom stereocenters. The molecule has 6 nitrogen and oxygen atoms in total. The van der Waals surface area contributed by atoms with Crippen molar-refractivity contribution in [3.8, 4) is 0 Å². The van der Waals surface area contributed by atoms with Crippen LogP contribution in [0.1, 0.15) is 303 Å². The number of allylic oxidation sites excluding steroid dienone is 3. The van der Waals surface area contributed by atoms with E-state index in [9.17, 15) is 19.8 Å². The molecule has 0 aliphatic heterocycles. The molecule has 0 spiro atoms. The summed E-state index contributed by atoms with van der Waals surface area (Å²) in [6.45, 7) is 4.88. The Hall–Kier alpha value is -1.66. The van der Waals surface area contributed by atoms with Crippen molar-refractivity contribution >= 4 is 11.9 Å². The van der Waals surface area contributed by atoms with E-state index in [1.807, 2.05) is 6.08 Å². The van der Waals surface area contributed by atoms with Gasteiger partial charge in [-0.05, 0) is 57.8 Å². The van der Waals surface area contributed by atoms with Crippen LogP contribution < -0.4 is 5.32 Å². The summed E-state index contributed by atoms with van der Waals surface area (Å²) < 4.78 is 5.48. The maximum atomic E-state index is 12.4. The first-order valence-electron chi connectivity index (χ1n) is 28.1. The molecular weight excluding hydrogens is 779 g/mol. The quantitative estimate of drug-likeness (QED) is 0.0321. The lowest BCUT2D eigenvalue weighted by Gasteiger charge is -2.20. The van der Waals surface area contributed by atoms with Gasteiger partial charge in [0.1, 0.15) is 0 Å². The lowest BCUT2D eigenvalue weighted by atomic mass is 10.0. The fourth-order valence-electron chi connectivity index (χ4n) is 8.63. The third-order valence-electron chi connectivity index (χ3n) is 13.0. The summed E-state index contributed by atoms with van der Waals surface area (Å²) in [5, 5.41) is 22.9. The minimum atomic E-state index is -0.846. The largest absolute Gasteiger partial charge is 0.466 e. The van der Waals surface area contributed by atoms with E-state index >= 15 is 0 Å². The van der Waals surface area contributed by atoms with E-state index < -0.39 is 12.1 Å². The molecule has 0 aromatic rings. The van der Waals surface area contributed by atoms with Gasteiger partial charge in [-0.3, -0.25) is 9.59 Å². The first-order valence-corrected chi connectivity index (χ1v) is 28.1. The van der Waals surface area contributed by atoms with Crippen molar-refractivity contribution in [3.05, 3.63) is 24.3 Å². The zero-order valence-electron chi connectivity index (χ0n) is 42.3. The van der Waals surface area contributed by atoms with Crippen LogP contribution in [0.4, 0.5) is 0 Å². The van der Waals surface area contributed by atoms with Gasteiger partial charge in [-0.25, -0.2) is 0 Å². The standard InChI is InChI=1S/C57H109NO5/c1-3-5-7-9-11-13-14-15-24-28-31-35-39-43-47-51-57(62)63-52-48-44-40-36-32-29-26-23-21-19-17-16-18-20-22-25-27-30-34-38-42-46-50-56(61)58-54(53-59)55(60)49-45-41-37-33-12-10-8-6-4-2/h18,20,45,49,54-55,59-60H,3-17,19,21-44,46-48,50-53H2,1-2H3,(H,58,61)/b20-18-,49-45+. The maximum Gasteiger partial charge on any atom is 0.305 e. The molecule has 0 bridgehead atoms. The average Bonchev–Trinajstić information content (AvgIpc) is 3.28. The third-order valence-corrected chi connectivity index (χ3v) is 13.0. The van der Waals surface area contributed by atoms with E-state index in [0.717, 1.165) is 44.9 Å². The van der Waals surface area contributed by atoms with E-state index in [2.05, 4.69) is 31.3 Å².